The average molecular weight is 194 g/mol. The van der Waals surface area contributed by atoms with Gasteiger partial charge in [0.15, 0.2) is 12.7 Å². The standard InChI is InChI=1S/C12H8N3/c1-13-11-3-2-6-15-8-9-4-5-14-7-10(9)12(11)15/h2-7H,8H2/q+1. The van der Waals surface area contributed by atoms with E-state index in [-0.39, 0.29) is 0 Å². The van der Waals surface area contributed by atoms with Crippen molar-refractivity contribution in [3.63, 3.8) is 0 Å². The van der Waals surface area contributed by atoms with E-state index in [4.69, 9.17) is 6.57 Å². The summed E-state index contributed by atoms with van der Waals surface area (Å²) in [6.07, 6.45) is 5.63. The molecule has 2 aromatic heterocycles. The summed E-state index contributed by atoms with van der Waals surface area (Å²) in [4.78, 5) is 7.66. The van der Waals surface area contributed by atoms with E-state index in [9.17, 15) is 0 Å². The van der Waals surface area contributed by atoms with Gasteiger partial charge in [-0.3, -0.25) is 4.98 Å². The number of hydrogen-bond donors (Lipinski definition) is 0. The zero-order chi connectivity index (χ0) is 10.3. The van der Waals surface area contributed by atoms with Gasteiger partial charge in [-0.25, -0.2) is 9.41 Å². The van der Waals surface area contributed by atoms with E-state index < -0.39 is 0 Å². The molecule has 0 unspecified atom stereocenters. The fourth-order valence-corrected chi connectivity index (χ4v) is 2.01. The molecule has 3 heterocycles. The van der Waals surface area contributed by atoms with Crippen LogP contribution >= 0.6 is 0 Å². The molecule has 1 aliphatic rings. The predicted molar refractivity (Wildman–Crippen MR) is 55.2 cm³/mol. The highest BCUT2D eigenvalue weighted by Gasteiger charge is 2.28. The summed E-state index contributed by atoms with van der Waals surface area (Å²) >= 11 is 0. The fraction of sp³-hybridized carbons (Fsp3) is 0.0833. The van der Waals surface area contributed by atoms with Gasteiger partial charge in [0.25, 0.3) is 5.69 Å². The van der Waals surface area contributed by atoms with Crippen LogP contribution in [0.4, 0.5) is 5.69 Å². The molecule has 0 N–H and O–H groups in total. The van der Waals surface area contributed by atoms with Gasteiger partial charge in [0, 0.05) is 18.0 Å². The minimum Gasteiger partial charge on any atom is -0.264 e. The molecule has 0 aromatic carbocycles. The van der Waals surface area contributed by atoms with Crippen LogP contribution in [0.25, 0.3) is 16.1 Å². The molecule has 0 saturated heterocycles. The maximum atomic E-state index is 7.14. The third kappa shape index (κ3) is 1.05. The Morgan fingerprint density at radius 3 is 3.20 bits per heavy atom. The highest BCUT2D eigenvalue weighted by atomic mass is 15.0. The molecule has 3 nitrogen and oxygen atoms in total. The van der Waals surface area contributed by atoms with Gasteiger partial charge in [0.1, 0.15) is 0 Å². The predicted octanol–water partition coefficient (Wildman–Crippen LogP) is 1.95. The number of hydrogen-bond acceptors (Lipinski definition) is 1. The van der Waals surface area contributed by atoms with Gasteiger partial charge in [0.05, 0.1) is 12.1 Å². The van der Waals surface area contributed by atoms with Gasteiger partial charge < -0.3 is 0 Å². The summed E-state index contributed by atoms with van der Waals surface area (Å²) in [5.41, 5.74) is 4.02. The first-order valence-electron chi connectivity index (χ1n) is 4.73. The van der Waals surface area contributed by atoms with E-state index in [0.717, 1.165) is 17.8 Å². The van der Waals surface area contributed by atoms with Crippen molar-refractivity contribution in [3.05, 3.63) is 53.8 Å². The number of rotatable bonds is 0. The molecule has 0 spiro atoms. The van der Waals surface area contributed by atoms with Crippen LogP contribution in [0.3, 0.4) is 0 Å². The molecule has 15 heavy (non-hydrogen) atoms. The summed E-state index contributed by atoms with van der Waals surface area (Å²) in [5.74, 6) is 0. The summed E-state index contributed by atoms with van der Waals surface area (Å²) in [5, 5.41) is 0. The Morgan fingerprint density at radius 2 is 2.33 bits per heavy atom. The number of pyridine rings is 2. The van der Waals surface area contributed by atoms with Crippen LogP contribution in [-0.4, -0.2) is 4.98 Å². The van der Waals surface area contributed by atoms with Crippen LogP contribution < -0.4 is 4.57 Å². The monoisotopic (exact) mass is 194 g/mol. The number of aromatic nitrogens is 2. The minimum absolute atomic E-state index is 0.698. The van der Waals surface area contributed by atoms with Crippen molar-refractivity contribution in [2.75, 3.05) is 0 Å². The van der Waals surface area contributed by atoms with E-state index >= 15 is 0 Å². The van der Waals surface area contributed by atoms with Crippen LogP contribution in [0, 0.1) is 6.57 Å². The lowest BCUT2D eigenvalue weighted by Gasteiger charge is -1.94. The summed E-state index contributed by atoms with van der Waals surface area (Å²) < 4.78 is 2.10. The molecule has 0 saturated carbocycles. The lowest BCUT2D eigenvalue weighted by atomic mass is 10.1. The Bertz CT molecular complexity index is 582. The van der Waals surface area contributed by atoms with Crippen LogP contribution in [0.15, 0.2) is 36.8 Å². The van der Waals surface area contributed by atoms with Crippen molar-refractivity contribution in [1.29, 1.82) is 0 Å². The van der Waals surface area contributed by atoms with Crippen molar-refractivity contribution in [2.45, 2.75) is 6.54 Å². The topological polar surface area (TPSA) is 21.1 Å². The zero-order valence-corrected chi connectivity index (χ0v) is 8.01. The molecule has 0 radical (unpaired) electrons. The quantitative estimate of drug-likeness (QED) is 0.396. The van der Waals surface area contributed by atoms with Crippen LogP contribution in [-0.2, 0) is 6.54 Å². The maximum Gasteiger partial charge on any atom is 0.257 e. The van der Waals surface area contributed by atoms with Gasteiger partial charge >= 0.3 is 0 Å². The smallest absolute Gasteiger partial charge is 0.257 e. The van der Waals surface area contributed by atoms with Gasteiger partial charge in [-0.05, 0) is 18.2 Å². The van der Waals surface area contributed by atoms with E-state index in [2.05, 4.69) is 14.4 Å². The van der Waals surface area contributed by atoms with Crippen LogP contribution in [0.2, 0.25) is 0 Å². The van der Waals surface area contributed by atoms with E-state index in [1.165, 1.54) is 5.56 Å². The largest absolute Gasteiger partial charge is 0.264 e. The Balaban J connectivity index is 2.36. The lowest BCUT2D eigenvalue weighted by Crippen LogP contribution is -2.31. The molecular weight excluding hydrogens is 186 g/mol. The second kappa shape index (κ2) is 2.89. The average Bonchev–Trinajstić information content (AvgIpc) is 2.67. The first-order valence-corrected chi connectivity index (χ1v) is 4.73. The normalized spacial score (nSPS) is 11.7. The second-order valence-corrected chi connectivity index (χ2v) is 3.51. The molecule has 0 amide bonds. The number of nitrogens with zero attached hydrogens (tertiary/aromatic N) is 3. The zero-order valence-electron chi connectivity index (χ0n) is 8.01. The van der Waals surface area contributed by atoms with Crippen LogP contribution in [0.1, 0.15) is 5.56 Å². The van der Waals surface area contributed by atoms with Gasteiger partial charge in [-0.2, -0.15) is 0 Å². The first-order chi connectivity index (χ1) is 7.40. The van der Waals surface area contributed by atoms with Gasteiger partial charge in [-0.1, -0.05) is 0 Å². The van der Waals surface area contributed by atoms with Crippen molar-refractivity contribution in [1.82, 2.24) is 4.98 Å². The highest BCUT2D eigenvalue weighted by Crippen LogP contribution is 2.32. The van der Waals surface area contributed by atoms with Crippen molar-refractivity contribution in [2.24, 2.45) is 0 Å². The molecule has 0 aliphatic carbocycles. The lowest BCUT2D eigenvalue weighted by molar-refractivity contribution is -0.671. The highest BCUT2D eigenvalue weighted by molar-refractivity contribution is 5.75. The third-order valence-electron chi connectivity index (χ3n) is 2.68. The summed E-state index contributed by atoms with van der Waals surface area (Å²) in [7, 11) is 0. The van der Waals surface area contributed by atoms with E-state index in [1.807, 2.05) is 30.6 Å². The molecule has 0 atom stereocenters. The molecule has 3 heteroatoms. The second-order valence-electron chi connectivity index (χ2n) is 3.51. The van der Waals surface area contributed by atoms with Crippen molar-refractivity contribution in [3.8, 4) is 11.3 Å². The van der Waals surface area contributed by atoms with Crippen molar-refractivity contribution < 1.29 is 4.57 Å². The Morgan fingerprint density at radius 1 is 1.40 bits per heavy atom. The summed E-state index contributed by atoms with van der Waals surface area (Å²) in [6, 6.07) is 5.77. The molecule has 70 valence electrons. The molecule has 2 aromatic rings. The maximum absolute atomic E-state index is 7.14. The molecular formula is C12H8N3+. The van der Waals surface area contributed by atoms with Crippen LogP contribution in [0.5, 0.6) is 0 Å². The van der Waals surface area contributed by atoms with Crippen molar-refractivity contribution >= 4 is 5.69 Å². The molecule has 0 fully saturated rings. The Hall–Kier alpha value is -2.21. The number of fused-ring (bicyclic) bond motifs is 3. The molecule has 0 bridgehead atoms. The molecule has 3 rings (SSSR count). The van der Waals surface area contributed by atoms with Gasteiger partial charge in [-0.15, -0.1) is 0 Å². The third-order valence-corrected chi connectivity index (χ3v) is 2.68. The SMILES string of the molecule is [C-]#[N+]c1ccc[n+]2c1-c1cnccc1C2. The minimum atomic E-state index is 0.698. The van der Waals surface area contributed by atoms with E-state index in [0.29, 0.717) is 5.69 Å². The first kappa shape index (κ1) is 8.13. The van der Waals surface area contributed by atoms with E-state index in [1.54, 1.807) is 6.20 Å². The summed E-state index contributed by atoms with van der Waals surface area (Å²) in [6.45, 7) is 7.99. The molecule has 1 aliphatic heterocycles. The van der Waals surface area contributed by atoms with Gasteiger partial charge in [0.2, 0.25) is 5.69 Å². The Labute approximate surface area is 87.5 Å². The Kier molecular flexibility index (Phi) is 1.57. The fourth-order valence-electron chi connectivity index (χ4n) is 2.01.